The number of pyridine rings is 2. The van der Waals surface area contributed by atoms with E-state index in [1.165, 1.54) is 0 Å². The Morgan fingerprint density at radius 3 is 2.74 bits per heavy atom. The SMILES string of the molecule is CC(C)Oc1cc2nc([C@@]34CC[C@@](C)(C3)OC4)cn2cc1C(=O)Nc1cccn([C@H]2C[C@@H]2C)c1=O. The summed E-state index contributed by atoms with van der Waals surface area (Å²) in [6, 6.07) is 5.47. The summed E-state index contributed by atoms with van der Waals surface area (Å²) >= 11 is 0. The third-order valence-corrected chi connectivity index (χ3v) is 7.89. The molecule has 1 aliphatic heterocycles. The molecule has 2 saturated carbocycles. The first-order valence-electron chi connectivity index (χ1n) is 12.5. The molecule has 4 atom stereocenters. The van der Waals surface area contributed by atoms with Crippen LogP contribution in [0.4, 0.5) is 5.69 Å². The van der Waals surface area contributed by atoms with Crippen LogP contribution in [0.25, 0.3) is 5.65 Å². The van der Waals surface area contributed by atoms with Crippen molar-refractivity contribution in [3.63, 3.8) is 0 Å². The molecule has 2 bridgehead atoms. The molecule has 3 aliphatic rings. The minimum absolute atomic E-state index is 0.0619. The Bertz CT molecular complexity index is 1380. The molecule has 8 nitrogen and oxygen atoms in total. The van der Waals surface area contributed by atoms with Gasteiger partial charge in [-0.2, -0.15) is 0 Å². The number of imidazole rings is 1. The number of hydrogen-bond acceptors (Lipinski definition) is 5. The van der Waals surface area contributed by atoms with Crippen LogP contribution in [0.2, 0.25) is 0 Å². The second kappa shape index (κ2) is 7.68. The fraction of sp³-hybridized carbons (Fsp3) is 0.519. The van der Waals surface area contributed by atoms with E-state index in [1.54, 1.807) is 29.1 Å². The topological polar surface area (TPSA) is 86.9 Å². The molecule has 0 unspecified atom stereocenters. The standard InChI is InChI=1S/C27H32N4O4/c1-16(2)35-21-11-23-29-22(27-8-7-26(4,14-27)34-15-27)13-30(23)12-18(21)24(32)28-19-6-5-9-31(25(19)33)20-10-17(20)3/h5-6,9,11-13,16-17,20H,7-8,10,14-15H2,1-4H3,(H,28,32)/t17-,20-,26-,27-/m0/s1. The van der Waals surface area contributed by atoms with Crippen LogP contribution in [-0.2, 0) is 10.2 Å². The lowest BCUT2D eigenvalue weighted by atomic mass is 9.84. The predicted octanol–water partition coefficient (Wildman–Crippen LogP) is 4.33. The normalized spacial score (nSPS) is 29.2. The van der Waals surface area contributed by atoms with Gasteiger partial charge in [-0.3, -0.25) is 9.59 Å². The number of carbonyl (C=O) groups is 1. The number of fused-ring (bicyclic) bond motifs is 3. The Morgan fingerprint density at radius 1 is 1.31 bits per heavy atom. The number of amides is 1. The minimum Gasteiger partial charge on any atom is -0.490 e. The largest absolute Gasteiger partial charge is 0.490 e. The molecule has 35 heavy (non-hydrogen) atoms. The number of nitrogens with zero attached hydrogens (tertiary/aromatic N) is 3. The van der Waals surface area contributed by atoms with E-state index >= 15 is 0 Å². The van der Waals surface area contributed by atoms with Crippen LogP contribution in [0.15, 0.2) is 41.6 Å². The van der Waals surface area contributed by atoms with Gasteiger partial charge in [0.05, 0.1) is 29.6 Å². The van der Waals surface area contributed by atoms with Crippen LogP contribution in [-0.4, -0.2) is 38.2 Å². The summed E-state index contributed by atoms with van der Waals surface area (Å²) in [6.45, 7) is 8.81. The molecular formula is C27H32N4O4. The molecule has 6 rings (SSSR count). The molecule has 0 radical (unpaired) electrons. The highest BCUT2D eigenvalue weighted by Crippen LogP contribution is 2.53. The smallest absolute Gasteiger partial charge is 0.274 e. The summed E-state index contributed by atoms with van der Waals surface area (Å²) in [6.07, 6.45) is 9.46. The molecule has 2 aliphatic carbocycles. The van der Waals surface area contributed by atoms with E-state index in [1.807, 2.05) is 30.5 Å². The Kier molecular flexibility index (Phi) is 4.90. The van der Waals surface area contributed by atoms with Crippen molar-refractivity contribution in [3.05, 3.63) is 58.4 Å². The lowest BCUT2D eigenvalue weighted by molar-refractivity contribution is -0.00627. The molecule has 3 aromatic heterocycles. The Balaban J connectivity index is 1.35. The van der Waals surface area contributed by atoms with Gasteiger partial charge in [0.1, 0.15) is 17.1 Å². The van der Waals surface area contributed by atoms with Crippen LogP contribution in [0.5, 0.6) is 5.75 Å². The zero-order chi connectivity index (χ0) is 24.5. The molecule has 0 spiro atoms. The Morgan fingerprint density at radius 2 is 2.11 bits per heavy atom. The van der Waals surface area contributed by atoms with Crippen molar-refractivity contribution in [1.82, 2.24) is 14.0 Å². The van der Waals surface area contributed by atoms with Gasteiger partial charge >= 0.3 is 0 Å². The summed E-state index contributed by atoms with van der Waals surface area (Å²) in [5, 5.41) is 2.83. The van der Waals surface area contributed by atoms with Gasteiger partial charge in [0.2, 0.25) is 0 Å². The van der Waals surface area contributed by atoms with Gasteiger partial charge in [-0.25, -0.2) is 4.98 Å². The molecule has 8 heteroatoms. The molecule has 0 aromatic carbocycles. The van der Waals surface area contributed by atoms with Gasteiger partial charge in [-0.15, -0.1) is 0 Å². The van der Waals surface area contributed by atoms with Crippen LogP contribution in [0.3, 0.4) is 0 Å². The summed E-state index contributed by atoms with van der Waals surface area (Å²) < 4.78 is 15.7. The highest BCUT2D eigenvalue weighted by Gasteiger charge is 2.55. The number of nitrogens with one attached hydrogen (secondary N) is 1. The lowest BCUT2D eigenvalue weighted by Gasteiger charge is -2.24. The molecule has 3 fully saturated rings. The van der Waals surface area contributed by atoms with Gasteiger partial charge in [0.25, 0.3) is 11.5 Å². The highest BCUT2D eigenvalue weighted by molar-refractivity contribution is 6.06. The number of hydrogen-bond donors (Lipinski definition) is 1. The average molecular weight is 477 g/mol. The van der Waals surface area contributed by atoms with Crippen molar-refractivity contribution < 1.29 is 14.3 Å². The number of rotatable bonds is 6. The third kappa shape index (κ3) is 3.75. The van der Waals surface area contributed by atoms with Gasteiger partial charge in [-0.1, -0.05) is 6.92 Å². The number of anilines is 1. The lowest BCUT2D eigenvalue weighted by Crippen LogP contribution is -2.26. The van der Waals surface area contributed by atoms with Crippen LogP contribution in [0, 0.1) is 5.92 Å². The van der Waals surface area contributed by atoms with E-state index in [9.17, 15) is 9.59 Å². The van der Waals surface area contributed by atoms with Crippen molar-refractivity contribution in [3.8, 4) is 5.75 Å². The Hall–Kier alpha value is -3.13. The monoisotopic (exact) mass is 476 g/mol. The number of aromatic nitrogens is 3. The maximum atomic E-state index is 13.4. The van der Waals surface area contributed by atoms with Crippen molar-refractivity contribution in [2.75, 3.05) is 11.9 Å². The number of ether oxygens (including phenoxy) is 2. The van der Waals surface area contributed by atoms with Gasteiger partial charge in [0.15, 0.2) is 0 Å². The third-order valence-electron chi connectivity index (χ3n) is 7.89. The van der Waals surface area contributed by atoms with Gasteiger partial charge < -0.3 is 23.8 Å². The zero-order valence-corrected chi connectivity index (χ0v) is 20.7. The molecule has 3 aromatic rings. The van der Waals surface area contributed by atoms with E-state index in [0.717, 1.165) is 37.0 Å². The molecule has 1 amide bonds. The van der Waals surface area contributed by atoms with Gasteiger partial charge in [0, 0.05) is 36.1 Å². The predicted molar refractivity (Wildman–Crippen MR) is 132 cm³/mol. The summed E-state index contributed by atoms with van der Waals surface area (Å²) in [5.74, 6) is 0.544. The maximum Gasteiger partial charge on any atom is 0.274 e. The van der Waals surface area contributed by atoms with E-state index in [0.29, 0.717) is 23.8 Å². The molecule has 1 N–H and O–H groups in total. The first-order valence-corrected chi connectivity index (χ1v) is 12.5. The first-order chi connectivity index (χ1) is 16.7. The van der Waals surface area contributed by atoms with Crippen molar-refractivity contribution in [2.45, 2.75) is 76.5 Å². The van der Waals surface area contributed by atoms with Crippen molar-refractivity contribution in [1.29, 1.82) is 0 Å². The quantitative estimate of drug-likeness (QED) is 0.572. The van der Waals surface area contributed by atoms with E-state index in [4.69, 9.17) is 14.5 Å². The van der Waals surface area contributed by atoms with E-state index in [2.05, 4.69) is 19.2 Å². The maximum absolute atomic E-state index is 13.4. The minimum atomic E-state index is -0.382. The van der Waals surface area contributed by atoms with Crippen LogP contribution < -0.4 is 15.6 Å². The summed E-state index contributed by atoms with van der Waals surface area (Å²) in [7, 11) is 0. The summed E-state index contributed by atoms with van der Waals surface area (Å²) in [5.41, 5.74) is 2.04. The average Bonchev–Trinajstić information content (AvgIpc) is 3.12. The second-order valence-corrected chi connectivity index (χ2v) is 11.2. The van der Waals surface area contributed by atoms with E-state index in [-0.39, 0.29) is 40.3 Å². The Labute approximate surface area is 204 Å². The van der Waals surface area contributed by atoms with Crippen LogP contribution >= 0.6 is 0 Å². The molecule has 1 saturated heterocycles. The fourth-order valence-corrected chi connectivity index (χ4v) is 5.79. The fourth-order valence-electron chi connectivity index (χ4n) is 5.79. The van der Waals surface area contributed by atoms with E-state index < -0.39 is 0 Å². The second-order valence-electron chi connectivity index (χ2n) is 11.2. The van der Waals surface area contributed by atoms with Crippen molar-refractivity contribution in [2.24, 2.45) is 5.92 Å². The molecule has 184 valence electrons. The first kappa shape index (κ1) is 22.3. The molecular weight excluding hydrogens is 444 g/mol. The van der Waals surface area contributed by atoms with Crippen LogP contribution in [0.1, 0.15) is 75.5 Å². The summed E-state index contributed by atoms with van der Waals surface area (Å²) in [4.78, 5) is 31.3. The highest BCUT2D eigenvalue weighted by atomic mass is 16.5. The number of carbonyl (C=O) groups excluding carboxylic acids is 1. The van der Waals surface area contributed by atoms with Crippen molar-refractivity contribution >= 4 is 17.2 Å². The van der Waals surface area contributed by atoms with Gasteiger partial charge in [-0.05, 0) is 64.5 Å². The zero-order valence-electron chi connectivity index (χ0n) is 20.7. The molecule has 4 heterocycles.